The third-order valence-electron chi connectivity index (χ3n) is 11.0. The minimum absolute atomic E-state index is 0.0273. The second kappa shape index (κ2) is 42.1. The molecule has 0 heterocycles. The fourth-order valence-corrected chi connectivity index (χ4v) is 7.85. The van der Waals surface area contributed by atoms with Gasteiger partial charge < -0.3 is 27.9 Å². The van der Waals surface area contributed by atoms with Crippen LogP contribution in [0.5, 0.6) is 0 Å². The highest BCUT2D eigenvalue weighted by Crippen LogP contribution is 2.38. The first kappa shape index (κ1) is 57.8. The summed E-state index contributed by atoms with van der Waals surface area (Å²) in [5, 5.41) is 0. The Balaban J connectivity index is 4.20. The molecule has 9 nitrogen and oxygen atoms in total. The van der Waals surface area contributed by atoms with Gasteiger partial charge in [0.05, 0.1) is 27.7 Å². The number of carbonyl (C=O) groups excluding carboxylic acids is 2. The van der Waals surface area contributed by atoms with E-state index in [4.69, 9.17) is 18.5 Å². The quantitative estimate of drug-likeness (QED) is 0.0196. The van der Waals surface area contributed by atoms with Crippen molar-refractivity contribution >= 4 is 19.8 Å². The Hall–Kier alpha value is -1.25. The largest absolute Gasteiger partial charge is 0.756 e. The molecule has 59 heavy (non-hydrogen) atoms. The van der Waals surface area contributed by atoms with Crippen LogP contribution in [0.3, 0.4) is 0 Å². The van der Waals surface area contributed by atoms with Crippen LogP contribution in [-0.4, -0.2) is 70.0 Å². The van der Waals surface area contributed by atoms with Crippen molar-refractivity contribution in [3.8, 4) is 0 Å². The molecule has 0 saturated carbocycles. The topological polar surface area (TPSA) is 111 Å². The van der Waals surface area contributed by atoms with E-state index in [2.05, 4.69) is 26.0 Å². The molecule has 0 radical (unpaired) electrons. The third kappa shape index (κ3) is 46.1. The van der Waals surface area contributed by atoms with E-state index < -0.39 is 26.5 Å². The second-order valence-corrected chi connectivity index (χ2v) is 19.6. The molecule has 0 amide bonds. The summed E-state index contributed by atoms with van der Waals surface area (Å²) in [6, 6.07) is 0. The highest BCUT2D eigenvalue weighted by molar-refractivity contribution is 7.45. The van der Waals surface area contributed by atoms with Gasteiger partial charge in [0.15, 0.2) is 6.10 Å². The maximum Gasteiger partial charge on any atom is 0.306 e. The minimum atomic E-state index is -4.62. The van der Waals surface area contributed by atoms with Gasteiger partial charge in [-0.2, -0.15) is 0 Å². The van der Waals surface area contributed by atoms with Gasteiger partial charge in [0.1, 0.15) is 19.8 Å². The Kier molecular flexibility index (Phi) is 41.2. The molecule has 0 aromatic rings. The molecule has 1 unspecified atom stereocenters. The number of likely N-dealkylation sites (N-methyl/N-ethyl adjacent to an activating group) is 1. The SMILES string of the molecule is CCCCCCCC/C=C/CCCCCCCCCCCCCC(=O)OC[C@@H](COP(=O)([O-])OCC[N+](C)(C)C)OC(=O)CCCCCCCCCCCCCCCC. The van der Waals surface area contributed by atoms with Crippen LogP contribution in [0.15, 0.2) is 12.2 Å². The Labute approximate surface area is 365 Å². The highest BCUT2D eigenvalue weighted by Gasteiger charge is 2.21. The van der Waals surface area contributed by atoms with Gasteiger partial charge in [-0.3, -0.25) is 14.2 Å². The standard InChI is InChI=1S/C49H96NO8P/c1-6-8-10-12-14-16-18-20-22-23-24-25-26-27-28-30-31-33-35-37-39-41-48(51)55-45-47(46-57-59(53,54)56-44-43-50(3,4)5)58-49(52)42-40-38-36-34-32-29-21-19-17-15-13-11-9-7-2/h20,22,47H,6-19,21,23-46H2,1-5H3/b22-20+/t47-/m0/s1. The fraction of sp³-hybridized carbons (Fsp3) is 0.918. The lowest BCUT2D eigenvalue weighted by molar-refractivity contribution is -0.870. The summed E-state index contributed by atoms with van der Waals surface area (Å²) in [4.78, 5) is 37.6. The molecule has 0 saturated heterocycles. The maximum atomic E-state index is 12.7. The van der Waals surface area contributed by atoms with Crippen molar-refractivity contribution in [3.05, 3.63) is 12.2 Å². The lowest BCUT2D eigenvalue weighted by Crippen LogP contribution is -2.37. The molecule has 0 rings (SSSR count). The Morgan fingerprint density at radius 3 is 1.25 bits per heavy atom. The molecule has 2 atom stereocenters. The van der Waals surface area contributed by atoms with Gasteiger partial charge in [-0.1, -0.05) is 199 Å². The van der Waals surface area contributed by atoms with Crippen LogP contribution in [0.1, 0.15) is 239 Å². The molecule has 350 valence electrons. The molecular formula is C49H96NO8P. The predicted molar refractivity (Wildman–Crippen MR) is 245 cm³/mol. The Morgan fingerprint density at radius 1 is 0.508 bits per heavy atom. The van der Waals surface area contributed by atoms with Gasteiger partial charge in [0, 0.05) is 12.8 Å². The average Bonchev–Trinajstić information content (AvgIpc) is 3.19. The summed E-state index contributed by atoms with van der Waals surface area (Å²) >= 11 is 0. The summed E-state index contributed by atoms with van der Waals surface area (Å²) < 4.78 is 34.0. The molecule has 0 N–H and O–H groups in total. The number of hydrogen-bond donors (Lipinski definition) is 0. The van der Waals surface area contributed by atoms with Crippen LogP contribution in [-0.2, 0) is 32.7 Å². The number of ether oxygens (including phenoxy) is 2. The molecular weight excluding hydrogens is 762 g/mol. The fourth-order valence-electron chi connectivity index (χ4n) is 7.12. The zero-order valence-corrected chi connectivity index (χ0v) is 40.4. The maximum absolute atomic E-state index is 12.7. The molecule has 0 spiro atoms. The van der Waals surface area contributed by atoms with Crippen LogP contribution < -0.4 is 4.89 Å². The van der Waals surface area contributed by atoms with Gasteiger partial charge in [-0.05, 0) is 38.5 Å². The van der Waals surface area contributed by atoms with Gasteiger partial charge in [0.2, 0.25) is 0 Å². The van der Waals surface area contributed by atoms with Crippen LogP contribution in [0.2, 0.25) is 0 Å². The van der Waals surface area contributed by atoms with Gasteiger partial charge in [-0.15, -0.1) is 0 Å². The predicted octanol–water partition coefficient (Wildman–Crippen LogP) is 13.9. The van der Waals surface area contributed by atoms with E-state index in [1.807, 2.05) is 21.1 Å². The zero-order chi connectivity index (χ0) is 43.6. The van der Waals surface area contributed by atoms with E-state index in [-0.39, 0.29) is 32.0 Å². The van der Waals surface area contributed by atoms with E-state index in [0.29, 0.717) is 17.4 Å². The molecule has 0 aliphatic carbocycles. The second-order valence-electron chi connectivity index (χ2n) is 18.2. The van der Waals surface area contributed by atoms with Crippen molar-refractivity contribution in [2.45, 2.75) is 245 Å². The van der Waals surface area contributed by atoms with Gasteiger partial charge in [0.25, 0.3) is 7.82 Å². The third-order valence-corrected chi connectivity index (χ3v) is 12.0. The van der Waals surface area contributed by atoms with E-state index in [9.17, 15) is 19.0 Å². The minimum Gasteiger partial charge on any atom is -0.756 e. The number of hydrogen-bond acceptors (Lipinski definition) is 8. The number of phosphoric ester groups is 1. The Morgan fingerprint density at radius 2 is 0.864 bits per heavy atom. The lowest BCUT2D eigenvalue weighted by Gasteiger charge is -2.28. The first-order chi connectivity index (χ1) is 28.5. The number of allylic oxidation sites excluding steroid dienone is 2. The van der Waals surface area contributed by atoms with E-state index in [1.165, 1.54) is 173 Å². The summed E-state index contributed by atoms with van der Waals surface area (Å²) in [5.74, 6) is -0.821. The number of esters is 2. The number of phosphoric acid groups is 1. The molecule has 0 fully saturated rings. The van der Waals surface area contributed by atoms with Crippen molar-refractivity contribution in [2.75, 3.05) is 47.5 Å². The van der Waals surface area contributed by atoms with Gasteiger partial charge >= 0.3 is 11.9 Å². The van der Waals surface area contributed by atoms with Crippen molar-refractivity contribution in [2.24, 2.45) is 0 Å². The van der Waals surface area contributed by atoms with Crippen molar-refractivity contribution in [1.29, 1.82) is 0 Å². The van der Waals surface area contributed by atoms with Crippen molar-refractivity contribution < 1.29 is 42.1 Å². The molecule has 0 aliphatic heterocycles. The van der Waals surface area contributed by atoms with Crippen LogP contribution in [0.4, 0.5) is 0 Å². The lowest BCUT2D eigenvalue weighted by atomic mass is 10.0. The van der Waals surface area contributed by atoms with Crippen LogP contribution in [0.25, 0.3) is 0 Å². The average molecular weight is 858 g/mol. The zero-order valence-electron chi connectivity index (χ0n) is 39.5. The smallest absolute Gasteiger partial charge is 0.306 e. The number of carbonyl (C=O) groups is 2. The summed E-state index contributed by atoms with van der Waals surface area (Å²) in [6.07, 6.45) is 45.2. The summed E-state index contributed by atoms with van der Waals surface area (Å²) in [5.41, 5.74) is 0. The molecule has 10 heteroatoms. The van der Waals surface area contributed by atoms with Crippen LogP contribution >= 0.6 is 7.82 Å². The normalized spacial score (nSPS) is 13.5. The van der Waals surface area contributed by atoms with Crippen LogP contribution in [0, 0.1) is 0 Å². The van der Waals surface area contributed by atoms with E-state index >= 15 is 0 Å². The molecule has 0 aromatic carbocycles. The highest BCUT2D eigenvalue weighted by atomic mass is 31.2. The number of rotatable bonds is 46. The van der Waals surface area contributed by atoms with E-state index in [0.717, 1.165) is 32.1 Å². The van der Waals surface area contributed by atoms with E-state index in [1.54, 1.807) is 0 Å². The van der Waals surface area contributed by atoms with Crippen molar-refractivity contribution in [3.63, 3.8) is 0 Å². The molecule has 0 bridgehead atoms. The summed E-state index contributed by atoms with van der Waals surface area (Å²) in [7, 11) is 1.18. The first-order valence-corrected chi connectivity index (χ1v) is 26.4. The monoisotopic (exact) mass is 858 g/mol. The molecule has 0 aliphatic rings. The van der Waals surface area contributed by atoms with Crippen molar-refractivity contribution in [1.82, 2.24) is 0 Å². The number of quaternary nitrogens is 1. The first-order valence-electron chi connectivity index (χ1n) is 24.9. The number of nitrogens with zero attached hydrogens (tertiary/aromatic N) is 1. The Bertz CT molecular complexity index is 1020. The molecule has 0 aromatic heterocycles. The summed E-state index contributed by atoms with van der Waals surface area (Å²) in [6.45, 7) is 4.26. The van der Waals surface area contributed by atoms with Gasteiger partial charge in [-0.25, -0.2) is 0 Å². The number of unbranched alkanes of at least 4 members (excludes halogenated alkanes) is 30.